The average molecular weight is 436 g/mol. The molecule has 0 saturated heterocycles. The molecule has 0 saturated carbocycles. The van der Waals surface area contributed by atoms with E-state index in [0.717, 1.165) is 35.6 Å². The van der Waals surface area contributed by atoms with Crippen molar-refractivity contribution < 1.29 is 14.3 Å². The lowest BCUT2D eigenvalue weighted by Gasteiger charge is -2.19. The number of ether oxygens (including phenoxy) is 2. The second-order valence-electron chi connectivity index (χ2n) is 7.05. The van der Waals surface area contributed by atoms with Crippen molar-refractivity contribution in [1.82, 2.24) is 24.7 Å². The molecule has 1 aliphatic heterocycles. The molecule has 0 aliphatic carbocycles. The minimum absolute atomic E-state index is 0.256. The zero-order valence-corrected chi connectivity index (χ0v) is 17.9. The van der Waals surface area contributed by atoms with Crippen molar-refractivity contribution in [3.05, 3.63) is 53.9 Å². The number of aryl methyl sites for hydroxylation is 1. The zero-order valence-electron chi connectivity index (χ0n) is 17.1. The number of benzene rings is 1. The maximum Gasteiger partial charge on any atom is 0.298 e. The number of fused-ring (bicyclic) bond motifs is 2. The summed E-state index contributed by atoms with van der Waals surface area (Å²) >= 11 is 1.37. The lowest BCUT2D eigenvalue weighted by atomic mass is 10.3. The molecule has 0 atom stereocenters. The van der Waals surface area contributed by atoms with Gasteiger partial charge in [-0.15, -0.1) is 10.2 Å². The summed E-state index contributed by atoms with van der Waals surface area (Å²) in [5, 5.41) is 8.88. The van der Waals surface area contributed by atoms with Crippen LogP contribution in [0.5, 0.6) is 11.5 Å². The van der Waals surface area contributed by atoms with Gasteiger partial charge in [0.05, 0.1) is 26.5 Å². The topological polar surface area (TPSA) is 95.3 Å². The maximum absolute atomic E-state index is 13.6. The van der Waals surface area contributed by atoms with Gasteiger partial charge in [0.25, 0.3) is 5.91 Å². The SMILES string of the molecule is COc1ccc(OC)c2sc(N(Cc3ccccn3)C(=O)c3nnc4n3CCC4)nc12. The molecule has 9 nitrogen and oxygen atoms in total. The number of pyridine rings is 1. The van der Waals surface area contributed by atoms with Crippen LogP contribution in [-0.2, 0) is 19.5 Å². The first-order valence-corrected chi connectivity index (χ1v) is 10.7. The highest BCUT2D eigenvalue weighted by Crippen LogP contribution is 2.40. The molecule has 4 heterocycles. The predicted octanol–water partition coefficient (Wildman–Crippen LogP) is 3.09. The molecule has 31 heavy (non-hydrogen) atoms. The quantitative estimate of drug-likeness (QED) is 0.458. The Bertz CT molecular complexity index is 1210. The Hall–Kier alpha value is -3.53. The van der Waals surface area contributed by atoms with Crippen molar-refractivity contribution in [3.8, 4) is 11.5 Å². The van der Waals surface area contributed by atoms with Crippen LogP contribution >= 0.6 is 11.3 Å². The van der Waals surface area contributed by atoms with E-state index in [0.29, 0.717) is 28.0 Å². The Morgan fingerprint density at radius 1 is 1.16 bits per heavy atom. The van der Waals surface area contributed by atoms with Gasteiger partial charge in [0.2, 0.25) is 5.82 Å². The first-order valence-electron chi connectivity index (χ1n) is 9.85. The van der Waals surface area contributed by atoms with Crippen molar-refractivity contribution in [2.24, 2.45) is 0 Å². The molecule has 0 unspecified atom stereocenters. The number of hydrogen-bond donors (Lipinski definition) is 0. The van der Waals surface area contributed by atoms with E-state index in [9.17, 15) is 4.79 Å². The number of amides is 1. The number of carbonyl (C=O) groups excluding carboxylic acids is 1. The van der Waals surface area contributed by atoms with Crippen LogP contribution in [0.25, 0.3) is 10.2 Å². The highest BCUT2D eigenvalue weighted by molar-refractivity contribution is 7.22. The number of hydrogen-bond acceptors (Lipinski definition) is 8. The molecule has 3 aromatic heterocycles. The smallest absolute Gasteiger partial charge is 0.298 e. The standard InChI is InChI=1S/C21H20N6O3S/c1-29-14-8-9-15(30-2)18-17(14)23-21(31-18)27(12-13-6-3-4-10-22-13)20(28)19-25-24-16-7-5-11-26(16)19/h3-4,6,8-10H,5,7,11-12H2,1-2H3. The average Bonchev–Trinajstić information content (AvgIpc) is 3.52. The van der Waals surface area contributed by atoms with Gasteiger partial charge in [-0.2, -0.15) is 0 Å². The fourth-order valence-electron chi connectivity index (χ4n) is 3.70. The largest absolute Gasteiger partial charge is 0.495 e. The van der Waals surface area contributed by atoms with Crippen LogP contribution < -0.4 is 14.4 Å². The van der Waals surface area contributed by atoms with Gasteiger partial charge in [0.15, 0.2) is 5.13 Å². The Morgan fingerprint density at radius 3 is 2.77 bits per heavy atom. The fraction of sp³-hybridized carbons (Fsp3) is 0.286. The Balaban J connectivity index is 1.62. The van der Waals surface area contributed by atoms with Crippen molar-refractivity contribution in [2.75, 3.05) is 19.1 Å². The second-order valence-corrected chi connectivity index (χ2v) is 8.03. The van der Waals surface area contributed by atoms with Gasteiger partial charge in [-0.1, -0.05) is 17.4 Å². The number of aromatic nitrogens is 5. The van der Waals surface area contributed by atoms with Crippen LogP contribution in [0.3, 0.4) is 0 Å². The summed E-state index contributed by atoms with van der Waals surface area (Å²) in [6, 6.07) is 9.25. The van der Waals surface area contributed by atoms with Gasteiger partial charge < -0.3 is 14.0 Å². The van der Waals surface area contributed by atoms with Crippen LogP contribution in [0, 0.1) is 0 Å². The van der Waals surface area contributed by atoms with Gasteiger partial charge in [-0.05, 0) is 30.7 Å². The molecule has 10 heteroatoms. The van der Waals surface area contributed by atoms with E-state index < -0.39 is 0 Å². The van der Waals surface area contributed by atoms with Crippen LogP contribution in [0.4, 0.5) is 5.13 Å². The van der Waals surface area contributed by atoms with Crippen molar-refractivity contribution in [3.63, 3.8) is 0 Å². The monoisotopic (exact) mass is 436 g/mol. The van der Waals surface area contributed by atoms with Gasteiger partial charge >= 0.3 is 0 Å². The van der Waals surface area contributed by atoms with E-state index in [1.165, 1.54) is 11.3 Å². The second kappa shape index (κ2) is 7.95. The summed E-state index contributed by atoms with van der Waals surface area (Å²) in [6.07, 6.45) is 3.49. The third kappa shape index (κ3) is 3.38. The van der Waals surface area contributed by atoms with Gasteiger partial charge in [-0.25, -0.2) is 4.98 Å². The Kier molecular flexibility index (Phi) is 4.99. The molecule has 5 rings (SSSR count). The summed E-state index contributed by atoms with van der Waals surface area (Å²) in [5.74, 6) is 2.19. The molecule has 0 fully saturated rings. The van der Waals surface area contributed by atoms with Crippen LogP contribution in [0.1, 0.15) is 28.6 Å². The lowest BCUT2D eigenvalue weighted by Crippen LogP contribution is -2.33. The molecular formula is C21H20N6O3S. The normalized spacial score (nSPS) is 12.7. The number of anilines is 1. The van der Waals surface area contributed by atoms with Crippen LogP contribution in [-0.4, -0.2) is 44.9 Å². The van der Waals surface area contributed by atoms with Gasteiger partial charge in [0, 0.05) is 19.2 Å². The molecule has 0 radical (unpaired) electrons. The molecule has 0 bridgehead atoms. The zero-order chi connectivity index (χ0) is 21.4. The highest BCUT2D eigenvalue weighted by atomic mass is 32.1. The third-order valence-electron chi connectivity index (χ3n) is 5.22. The van der Waals surface area contributed by atoms with Crippen molar-refractivity contribution in [2.45, 2.75) is 25.9 Å². The summed E-state index contributed by atoms with van der Waals surface area (Å²) in [7, 11) is 3.20. The molecule has 4 aromatic rings. The van der Waals surface area contributed by atoms with E-state index in [-0.39, 0.29) is 12.5 Å². The number of methoxy groups -OCH3 is 2. The highest BCUT2D eigenvalue weighted by Gasteiger charge is 2.30. The molecule has 0 spiro atoms. The van der Waals surface area contributed by atoms with Crippen LogP contribution in [0.2, 0.25) is 0 Å². The Morgan fingerprint density at radius 2 is 2.00 bits per heavy atom. The number of thiazole rings is 1. The van der Waals surface area contributed by atoms with Gasteiger partial charge in [-0.3, -0.25) is 14.7 Å². The van der Waals surface area contributed by atoms with E-state index in [2.05, 4.69) is 15.2 Å². The van der Waals surface area contributed by atoms with E-state index >= 15 is 0 Å². The minimum atomic E-state index is -0.261. The molecule has 1 aliphatic rings. The molecule has 1 aromatic carbocycles. The van der Waals surface area contributed by atoms with Gasteiger partial charge in [0.1, 0.15) is 27.5 Å². The van der Waals surface area contributed by atoms with Crippen LogP contribution in [0.15, 0.2) is 36.5 Å². The lowest BCUT2D eigenvalue weighted by molar-refractivity contribution is 0.0970. The number of nitrogens with zero attached hydrogens (tertiary/aromatic N) is 6. The predicted molar refractivity (Wildman–Crippen MR) is 116 cm³/mol. The summed E-state index contributed by atoms with van der Waals surface area (Å²) in [5.41, 5.74) is 1.39. The van der Waals surface area contributed by atoms with E-state index in [1.54, 1.807) is 31.4 Å². The summed E-state index contributed by atoms with van der Waals surface area (Å²) in [4.78, 5) is 24.4. The molecule has 0 N–H and O–H groups in total. The molecular weight excluding hydrogens is 416 g/mol. The summed E-state index contributed by atoms with van der Waals surface area (Å²) in [6.45, 7) is 0.995. The summed E-state index contributed by atoms with van der Waals surface area (Å²) < 4.78 is 13.7. The molecule has 1 amide bonds. The van der Waals surface area contributed by atoms with Crippen molar-refractivity contribution >= 4 is 32.6 Å². The first kappa shape index (κ1) is 19.4. The number of rotatable bonds is 6. The fourth-order valence-corrected chi connectivity index (χ4v) is 4.77. The van der Waals surface area contributed by atoms with Crippen molar-refractivity contribution in [1.29, 1.82) is 0 Å². The Labute approximate surface area is 182 Å². The third-order valence-corrected chi connectivity index (χ3v) is 6.31. The first-order chi connectivity index (χ1) is 15.2. The molecule has 158 valence electrons. The maximum atomic E-state index is 13.6. The van der Waals surface area contributed by atoms with E-state index in [1.807, 2.05) is 28.8 Å². The number of carbonyl (C=O) groups is 1. The van der Waals surface area contributed by atoms with E-state index in [4.69, 9.17) is 14.5 Å². The minimum Gasteiger partial charge on any atom is -0.495 e.